The van der Waals surface area contributed by atoms with E-state index in [9.17, 15) is 13.2 Å². The number of pyridine rings is 1. The summed E-state index contributed by atoms with van der Waals surface area (Å²) in [5, 5.41) is 2.75. The molecular weight excluding hydrogens is 326 g/mol. The fourth-order valence-electron chi connectivity index (χ4n) is 1.99. The van der Waals surface area contributed by atoms with Gasteiger partial charge in [0.05, 0.1) is 4.90 Å². The topological polar surface area (TPSA) is 79.4 Å². The van der Waals surface area contributed by atoms with Crippen LogP contribution in [0, 0.1) is 0 Å². The highest BCUT2D eigenvalue weighted by Crippen LogP contribution is 2.17. The third-order valence-corrected chi connectivity index (χ3v) is 5.73. The Kier molecular flexibility index (Phi) is 5.69. The molecule has 128 valence electrons. The molecule has 0 unspecified atom stereocenters. The van der Waals surface area contributed by atoms with Crippen LogP contribution in [0.2, 0.25) is 0 Å². The van der Waals surface area contributed by atoms with Crippen molar-refractivity contribution in [3.8, 4) is 0 Å². The minimum Gasteiger partial charge on any atom is -0.347 e. The first-order valence-electron chi connectivity index (χ1n) is 7.58. The van der Waals surface area contributed by atoms with Crippen LogP contribution < -0.4 is 5.32 Å². The summed E-state index contributed by atoms with van der Waals surface area (Å²) in [7, 11) is -1.94. The van der Waals surface area contributed by atoms with Gasteiger partial charge in [0, 0.05) is 25.8 Å². The Hall–Kier alpha value is -2.25. The highest BCUT2D eigenvalue weighted by Gasteiger charge is 2.22. The van der Waals surface area contributed by atoms with Gasteiger partial charge in [0.15, 0.2) is 0 Å². The molecule has 0 spiro atoms. The fraction of sp³-hybridized carbons (Fsp3) is 0.294. The Bertz CT molecular complexity index is 788. The third-order valence-electron chi connectivity index (χ3n) is 3.68. The predicted molar refractivity (Wildman–Crippen MR) is 91.9 cm³/mol. The number of aromatic nitrogens is 1. The molecule has 6 nitrogen and oxygen atoms in total. The molecule has 2 aromatic rings. The molecule has 1 aromatic heterocycles. The summed E-state index contributed by atoms with van der Waals surface area (Å²) in [6.07, 6.45) is 1.56. The first kappa shape index (κ1) is 18.1. The van der Waals surface area contributed by atoms with E-state index in [-0.39, 0.29) is 16.8 Å². The molecular formula is C17H21N3O3S. The Morgan fingerprint density at radius 3 is 2.38 bits per heavy atom. The largest absolute Gasteiger partial charge is 0.347 e. The van der Waals surface area contributed by atoms with Gasteiger partial charge in [0.1, 0.15) is 5.69 Å². The molecule has 0 atom stereocenters. The van der Waals surface area contributed by atoms with Gasteiger partial charge in [0.25, 0.3) is 5.91 Å². The van der Waals surface area contributed by atoms with E-state index in [1.807, 2.05) is 13.8 Å². The van der Waals surface area contributed by atoms with E-state index in [0.717, 1.165) is 5.56 Å². The average Bonchev–Trinajstić information content (AvgIpc) is 2.60. The van der Waals surface area contributed by atoms with Crippen LogP contribution in [0.4, 0.5) is 0 Å². The molecule has 1 aromatic carbocycles. The SMILES string of the molecule is CC(C)N(C)S(=O)(=O)c1ccc(CNC(=O)c2ccccn2)cc1. The molecule has 0 radical (unpaired) electrons. The van der Waals surface area contributed by atoms with Crippen LogP contribution in [0.25, 0.3) is 0 Å². The second kappa shape index (κ2) is 7.55. The summed E-state index contributed by atoms with van der Waals surface area (Å²) in [5.41, 5.74) is 1.15. The summed E-state index contributed by atoms with van der Waals surface area (Å²) in [5.74, 6) is -0.271. The Morgan fingerprint density at radius 1 is 1.17 bits per heavy atom. The number of benzene rings is 1. The highest BCUT2D eigenvalue weighted by molar-refractivity contribution is 7.89. The Balaban J connectivity index is 2.04. The minimum atomic E-state index is -3.49. The zero-order valence-electron chi connectivity index (χ0n) is 13.9. The average molecular weight is 347 g/mol. The number of nitrogens with one attached hydrogen (secondary N) is 1. The van der Waals surface area contributed by atoms with Crippen molar-refractivity contribution in [1.82, 2.24) is 14.6 Å². The molecule has 0 aliphatic heterocycles. The molecule has 0 saturated carbocycles. The lowest BCUT2D eigenvalue weighted by atomic mass is 10.2. The van der Waals surface area contributed by atoms with E-state index in [1.54, 1.807) is 55.7 Å². The molecule has 1 N–H and O–H groups in total. The molecule has 0 fully saturated rings. The van der Waals surface area contributed by atoms with Gasteiger partial charge in [0.2, 0.25) is 10.0 Å². The van der Waals surface area contributed by atoms with Gasteiger partial charge < -0.3 is 5.32 Å². The van der Waals surface area contributed by atoms with E-state index in [2.05, 4.69) is 10.3 Å². The molecule has 7 heteroatoms. The predicted octanol–water partition coefficient (Wildman–Crippen LogP) is 2.04. The van der Waals surface area contributed by atoms with Crippen molar-refractivity contribution in [2.45, 2.75) is 31.3 Å². The second-order valence-electron chi connectivity index (χ2n) is 5.66. The zero-order chi connectivity index (χ0) is 17.7. The standard InChI is InChI=1S/C17H21N3O3S/c1-13(2)20(3)24(22,23)15-9-7-14(8-10-15)12-19-17(21)16-6-4-5-11-18-16/h4-11,13H,12H2,1-3H3,(H,19,21). The summed E-state index contributed by atoms with van der Waals surface area (Å²) in [6, 6.07) is 11.5. The number of sulfonamides is 1. The number of amides is 1. The van der Waals surface area contributed by atoms with Crippen LogP contribution in [0.15, 0.2) is 53.6 Å². The molecule has 0 bridgehead atoms. The molecule has 0 aliphatic rings. The number of hydrogen-bond acceptors (Lipinski definition) is 4. The minimum absolute atomic E-state index is 0.118. The molecule has 1 amide bonds. The van der Waals surface area contributed by atoms with Gasteiger partial charge in [-0.15, -0.1) is 0 Å². The number of carbonyl (C=O) groups is 1. The first-order valence-corrected chi connectivity index (χ1v) is 9.02. The summed E-state index contributed by atoms with van der Waals surface area (Å²) in [4.78, 5) is 16.1. The van der Waals surface area contributed by atoms with Crippen molar-refractivity contribution in [1.29, 1.82) is 0 Å². The number of rotatable bonds is 6. The van der Waals surface area contributed by atoms with Gasteiger partial charge in [-0.25, -0.2) is 8.42 Å². The van der Waals surface area contributed by atoms with Gasteiger partial charge in [-0.1, -0.05) is 18.2 Å². The lowest BCUT2D eigenvalue weighted by Crippen LogP contribution is -2.33. The van der Waals surface area contributed by atoms with Gasteiger partial charge >= 0.3 is 0 Å². The quantitative estimate of drug-likeness (QED) is 0.867. The second-order valence-corrected chi connectivity index (χ2v) is 7.65. The lowest BCUT2D eigenvalue weighted by Gasteiger charge is -2.21. The van der Waals surface area contributed by atoms with Crippen LogP contribution in [0.1, 0.15) is 29.9 Å². The maximum Gasteiger partial charge on any atom is 0.270 e. The normalized spacial score (nSPS) is 11.7. The van der Waals surface area contributed by atoms with Crippen molar-refractivity contribution in [2.24, 2.45) is 0 Å². The molecule has 24 heavy (non-hydrogen) atoms. The third kappa shape index (κ3) is 4.18. The molecule has 2 rings (SSSR count). The smallest absolute Gasteiger partial charge is 0.270 e. The number of hydrogen-bond donors (Lipinski definition) is 1. The van der Waals surface area contributed by atoms with E-state index in [4.69, 9.17) is 0 Å². The summed E-state index contributed by atoms with van der Waals surface area (Å²) in [6.45, 7) is 3.94. The van der Waals surface area contributed by atoms with E-state index < -0.39 is 10.0 Å². The van der Waals surface area contributed by atoms with E-state index in [0.29, 0.717) is 12.2 Å². The van der Waals surface area contributed by atoms with Crippen LogP contribution in [0.5, 0.6) is 0 Å². The van der Waals surface area contributed by atoms with Crippen molar-refractivity contribution >= 4 is 15.9 Å². The van der Waals surface area contributed by atoms with Crippen molar-refractivity contribution in [3.05, 3.63) is 59.9 Å². The van der Waals surface area contributed by atoms with E-state index in [1.165, 1.54) is 4.31 Å². The maximum atomic E-state index is 12.4. The van der Waals surface area contributed by atoms with Crippen molar-refractivity contribution in [2.75, 3.05) is 7.05 Å². The first-order chi connectivity index (χ1) is 11.3. The summed E-state index contributed by atoms with van der Waals surface area (Å²) < 4.78 is 26.1. The number of carbonyl (C=O) groups excluding carboxylic acids is 1. The van der Waals surface area contributed by atoms with Crippen molar-refractivity contribution in [3.63, 3.8) is 0 Å². The van der Waals surface area contributed by atoms with Crippen LogP contribution >= 0.6 is 0 Å². The van der Waals surface area contributed by atoms with Gasteiger partial charge in [-0.3, -0.25) is 9.78 Å². The van der Waals surface area contributed by atoms with Crippen LogP contribution in [0.3, 0.4) is 0 Å². The zero-order valence-corrected chi connectivity index (χ0v) is 14.7. The maximum absolute atomic E-state index is 12.4. The van der Waals surface area contributed by atoms with E-state index >= 15 is 0 Å². The Labute approximate surface area is 142 Å². The molecule has 0 aliphatic carbocycles. The van der Waals surface area contributed by atoms with Crippen LogP contribution in [-0.2, 0) is 16.6 Å². The Morgan fingerprint density at radius 2 is 1.83 bits per heavy atom. The molecule has 1 heterocycles. The highest BCUT2D eigenvalue weighted by atomic mass is 32.2. The van der Waals surface area contributed by atoms with Gasteiger partial charge in [-0.05, 0) is 43.7 Å². The van der Waals surface area contributed by atoms with Crippen LogP contribution in [-0.4, -0.2) is 36.7 Å². The van der Waals surface area contributed by atoms with Gasteiger partial charge in [-0.2, -0.15) is 4.31 Å². The van der Waals surface area contributed by atoms with Crippen molar-refractivity contribution < 1.29 is 13.2 Å². The fourth-order valence-corrected chi connectivity index (χ4v) is 3.36. The monoisotopic (exact) mass is 347 g/mol. The summed E-state index contributed by atoms with van der Waals surface area (Å²) >= 11 is 0. The lowest BCUT2D eigenvalue weighted by molar-refractivity contribution is 0.0946. The number of nitrogens with zero attached hydrogens (tertiary/aromatic N) is 2. The molecule has 0 saturated heterocycles.